The van der Waals surface area contributed by atoms with E-state index in [1.165, 1.54) is 9.75 Å². The van der Waals surface area contributed by atoms with Gasteiger partial charge in [0.2, 0.25) is 0 Å². The van der Waals surface area contributed by atoms with Gasteiger partial charge in [-0.1, -0.05) is 13.8 Å². The van der Waals surface area contributed by atoms with Gasteiger partial charge in [0.05, 0.1) is 11.5 Å². The van der Waals surface area contributed by atoms with Crippen molar-refractivity contribution in [2.75, 3.05) is 24.6 Å². The van der Waals surface area contributed by atoms with Crippen LogP contribution < -0.4 is 5.32 Å². The monoisotopic (exact) mass is 302 g/mol. The maximum atomic E-state index is 11.4. The standard InChI is InChI=1S/C13H22N2O2S2/c1-11(2)14-9-12-3-4-13(18-12)10-15-5-7-19(16,17)8-6-15/h3-4,11,14H,5-10H2,1-2H3. The van der Waals surface area contributed by atoms with Crippen molar-refractivity contribution < 1.29 is 8.42 Å². The van der Waals surface area contributed by atoms with E-state index in [1.807, 2.05) is 11.3 Å². The molecule has 1 aromatic rings. The lowest BCUT2D eigenvalue weighted by Crippen LogP contribution is -2.39. The zero-order chi connectivity index (χ0) is 13.9. The van der Waals surface area contributed by atoms with Gasteiger partial charge in [0, 0.05) is 42.0 Å². The Labute approximate surface area is 119 Å². The third-order valence-corrected chi connectivity index (χ3v) is 5.90. The summed E-state index contributed by atoms with van der Waals surface area (Å²) >= 11 is 1.81. The van der Waals surface area contributed by atoms with Gasteiger partial charge in [-0.25, -0.2) is 8.42 Å². The second-order valence-electron chi connectivity index (χ2n) is 5.33. The van der Waals surface area contributed by atoms with Gasteiger partial charge in [-0.2, -0.15) is 0 Å². The number of sulfone groups is 1. The van der Waals surface area contributed by atoms with Crippen LogP contribution in [0.3, 0.4) is 0 Å². The highest BCUT2D eigenvalue weighted by molar-refractivity contribution is 7.91. The van der Waals surface area contributed by atoms with Crippen molar-refractivity contribution in [3.8, 4) is 0 Å². The Morgan fingerprint density at radius 2 is 1.89 bits per heavy atom. The third-order valence-electron chi connectivity index (χ3n) is 3.22. The first-order valence-corrected chi connectivity index (χ1v) is 9.32. The van der Waals surface area contributed by atoms with E-state index in [4.69, 9.17) is 0 Å². The number of rotatable bonds is 5. The van der Waals surface area contributed by atoms with Crippen LogP contribution in [0.5, 0.6) is 0 Å². The fourth-order valence-electron chi connectivity index (χ4n) is 2.04. The Balaban J connectivity index is 1.83. The molecule has 0 spiro atoms. The van der Waals surface area contributed by atoms with Crippen molar-refractivity contribution in [3.63, 3.8) is 0 Å². The van der Waals surface area contributed by atoms with Crippen molar-refractivity contribution in [2.24, 2.45) is 0 Å². The van der Waals surface area contributed by atoms with E-state index < -0.39 is 9.84 Å². The van der Waals surface area contributed by atoms with Crippen molar-refractivity contribution >= 4 is 21.2 Å². The Hall–Kier alpha value is -0.430. The molecule has 0 radical (unpaired) electrons. The van der Waals surface area contributed by atoms with Gasteiger partial charge in [-0.3, -0.25) is 4.90 Å². The van der Waals surface area contributed by atoms with Gasteiger partial charge in [0.25, 0.3) is 0 Å². The van der Waals surface area contributed by atoms with E-state index in [1.54, 1.807) is 0 Å². The molecule has 0 saturated carbocycles. The van der Waals surface area contributed by atoms with Crippen molar-refractivity contribution in [1.29, 1.82) is 0 Å². The quantitative estimate of drug-likeness (QED) is 0.895. The molecular formula is C13H22N2O2S2. The first kappa shape index (κ1) is 15.0. The molecule has 0 unspecified atom stereocenters. The highest BCUT2D eigenvalue weighted by Gasteiger charge is 2.21. The largest absolute Gasteiger partial charge is 0.310 e. The van der Waals surface area contributed by atoms with Crippen LogP contribution in [0.4, 0.5) is 0 Å². The second kappa shape index (κ2) is 6.35. The minimum absolute atomic E-state index is 0.306. The average Bonchev–Trinajstić information content (AvgIpc) is 2.77. The van der Waals surface area contributed by atoms with Crippen LogP contribution >= 0.6 is 11.3 Å². The average molecular weight is 302 g/mol. The lowest BCUT2D eigenvalue weighted by Gasteiger charge is -2.25. The number of hydrogen-bond acceptors (Lipinski definition) is 5. The summed E-state index contributed by atoms with van der Waals surface area (Å²) in [6.07, 6.45) is 0. The van der Waals surface area contributed by atoms with E-state index in [2.05, 4.69) is 36.2 Å². The summed E-state index contributed by atoms with van der Waals surface area (Å²) in [6, 6.07) is 4.82. The molecule has 4 nitrogen and oxygen atoms in total. The first-order valence-electron chi connectivity index (χ1n) is 6.68. The van der Waals surface area contributed by atoms with E-state index in [0.717, 1.165) is 13.1 Å². The van der Waals surface area contributed by atoms with Gasteiger partial charge < -0.3 is 5.32 Å². The Kier molecular flexibility index (Phi) is 5.00. The summed E-state index contributed by atoms with van der Waals surface area (Å²) in [4.78, 5) is 4.89. The lowest BCUT2D eigenvalue weighted by molar-refractivity contribution is 0.290. The predicted molar refractivity (Wildman–Crippen MR) is 80.2 cm³/mol. The summed E-state index contributed by atoms with van der Waals surface area (Å²) < 4.78 is 22.7. The fourth-order valence-corrected chi connectivity index (χ4v) is 4.32. The molecule has 2 heterocycles. The zero-order valence-corrected chi connectivity index (χ0v) is 13.2. The van der Waals surface area contributed by atoms with Crippen molar-refractivity contribution in [1.82, 2.24) is 10.2 Å². The van der Waals surface area contributed by atoms with E-state index >= 15 is 0 Å². The molecule has 1 fully saturated rings. The molecule has 6 heteroatoms. The van der Waals surface area contributed by atoms with E-state index in [-0.39, 0.29) is 0 Å². The second-order valence-corrected chi connectivity index (χ2v) is 8.89. The van der Waals surface area contributed by atoms with Crippen LogP contribution in [-0.2, 0) is 22.9 Å². The van der Waals surface area contributed by atoms with Gasteiger partial charge in [-0.15, -0.1) is 11.3 Å². The van der Waals surface area contributed by atoms with Gasteiger partial charge in [0.15, 0.2) is 9.84 Å². The van der Waals surface area contributed by atoms with E-state index in [9.17, 15) is 8.42 Å². The zero-order valence-electron chi connectivity index (χ0n) is 11.6. The molecule has 19 heavy (non-hydrogen) atoms. The molecule has 2 rings (SSSR count). The van der Waals surface area contributed by atoms with Gasteiger partial charge in [-0.05, 0) is 12.1 Å². The normalized spacial score (nSPS) is 19.9. The summed E-state index contributed by atoms with van der Waals surface area (Å²) in [5.41, 5.74) is 0. The smallest absolute Gasteiger partial charge is 0.152 e. The van der Waals surface area contributed by atoms with Crippen LogP contribution in [0.1, 0.15) is 23.6 Å². The van der Waals surface area contributed by atoms with Crippen LogP contribution in [0.25, 0.3) is 0 Å². The Bertz CT molecular complexity index is 494. The number of hydrogen-bond donors (Lipinski definition) is 1. The van der Waals surface area contributed by atoms with E-state index in [0.29, 0.717) is 30.6 Å². The van der Waals surface area contributed by atoms with Crippen LogP contribution in [0, 0.1) is 0 Å². The lowest BCUT2D eigenvalue weighted by atomic mass is 10.3. The number of nitrogens with zero attached hydrogens (tertiary/aromatic N) is 1. The fraction of sp³-hybridized carbons (Fsp3) is 0.692. The molecule has 0 aliphatic carbocycles. The van der Waals surface area contributed by atoms with Crippen molar-refractivity contribution in [3.05, 3.63) is 21.9 Å². The Morgan fingerprint density at radius 3 is 2.53 bits per heavy atom. The molecule has 108 valence electrons. The predicted octanol–water partition coefficient (Wildman–Crippen LogP) is 1.48. The minimum atomic E-state index is -2.77. The summed E-state index contributed by atoms with van der Waals surface area (Å²) in [7, 11) is -2.77. The summed E-state index contributed by atoms with van der Waals surface area (Å²) in [6.45, 7) is 7.41. The molecule has 0 amide bonds. The molecule has 1 aromatic heterocycles. The molecule has 0 bridgehead atoms. The molecular weight excluding hydrogens is 280 g/mol. The third kappa shape index (κ3) is 4.87. The van der Waals surface area contributed by atoms with Crippen LogP contribution in [-0.4, -0.2) is 44.0 Å². The van der Waals surface area contributed by atoms with Crippen molar-refractivity contribution in [2.45, 2.75) is 33.0 Å². The van der Waals surface area contributed by atoms with Gasteiger partial charge >= 0.3 is 0 Å². The maximum Gasteiger partial charge on any atom is 0.152 e. The van der Waals surface area contributed by atoms with Gasteiger partial charge in [0.1, 0.15) is 0 Å². The highest BCUT2D eigenvalue weighted by atomic mass is 32.2. The molecule has 0 aromatic carbocycles. The topological polar surface area (TPSA) is 49.4 Å². The van der Waals surface area contributed by atoms with Crippen LogP contribution in [0.15, 0.2) is 12.1 Å². The Morgan fingerprint density at radius 1 is 1.26 bits per heavy atom. The molecule has 1 aliphatic heterocycles. The molecule has 1 aliphatic rings. The number of thiophene rings is 1. The molecule has 1 saturated heterocycles. The highest BCUT2D eigenvalue weighted by Crippen LogP contribution is 2.19. The summed E-state index contributed by atoms with van der Waals surface area (Å²) in [5.74, 6) is 0.611. The first-order chi connectivity index (χ1) is 8.94. The molecule has 1 N–H and O–H groups in total. The van der Waals surface area contributed by atoms with Crippen LogP contribution in [0.2, 0.25) is 0 Å². The molecule has 0 atom stereocenters. The maximum absolute atomic E-state index is 11.4. The number of nitrogens with one attached hydrogen (secondary N) is 1. The summed E-state index contributed by atoms with van der Waals surface area (Å²) in [5, 5.41) is 3.41. The minimum Gasteiger partial charge on any atom is -0.310 e. The SMILES string of the molecule is CC(C)NCc1ccc(CN2CCS(=O)(=O)CC2)s1.